The van der Waals surface area contributed by atoms with Crippen molar-refractivity contribution in [3.8, 4) is 0 Å². The number of hydrogen-bond donors (Lipinski definition) is 1. The van der Waals surface area contributed by atoms with Crippen LogP contribution in [0.15, 0.2) is 17.0 Å². The number of rotatable bonds is 4. The first-order valence-electron chi connectivity index (χ1n) is 6.53. The fourth-order valence-corrected chi connectivity index (χ4v) is 3.96. The van der Waals surface area contributed by atoms with E-state index in [9.17, 15) is 18.5 Å². The molecule has 1 aromatic carbocycles. The van der Waals surface area contributed by atoms with Crippen LogP contribution in [0.4, 0.5) is 5.69 Å². The molecule has 0 saturated carbocycles. The van der Waals surface area contributed by atoms with E-state index in [0.29, 0.717) is 0 Å². The van der Waals surface area contributed by atoms with E-state index in [1.807, 2.05) is 0 Å². The first-order valence-corrected chi connectivity index (χ1v) is 8.35. The van der Waals surface area contributed by atoms with Crippen LogP contribution in [0.3, 0.4) is 0 Å². The molecule has 8 nitrogen and oxygen atoms in total. The molecule has 1 atom stereocenters. The standard InChI is InChI=1S/C12H16ClN3O5S.ClH/c1-8-11(13)4-10(5-12(8)16(17)18)22(19,20)15-2-3-21-9(6-14)7-15;/h4-5,9H,2-3,6-7,14H2,1H3;1H. The first-order chi connectivity index (χ1) is 10.3. The van der Waals surface area contributed by atoms with Crippen LogP contribution in [-0.2, 0) is 14.8 Å². The second kappa shape index (κ2) is 7.73. The molecule has 0 aromatic heterocycles. The molecule has 0 bridgehead atoms. The molecule has 1 fully saturated rings. The van der Waals surface area contributed by atoms with Gasteiger partial charge in [0.25, 0.3) is 5.69 Å². The van der Waals surface area contributed by atoms with Gasteiger partial charge >= 0.3 is 0 Å². The molecule has 1 aliphatic heterocycles. The van der Waals surface area contributed by atoms with Gasteiger partial charge in [0.2, 0.25) is 10.0 Å². The van der Waals surface area contributed by atoms with Gasteiger partial charge in [0.15, 0.2) is 0 Å². The lowest BCUT2D eigenvalue weighted by molar-refractivity contribution is -0.385. The van der Waals surface area contributed by atoms with Crippen molar-refractivity contribution >= 4 is 39.7 Å². The van der Waals surface area contributed by atoms with Crippen molar-refractivity contribution in [2.75, 3.05) is 26.2 Å². The number of halogens is 2. The summed E-state index contributed by atoms with van der Waals surface area (Å²) in [5, 5.41) is 11.1. The Balaban J connectivity index is 0.00000264. The lowest BCUT2D eigenvalue weighted by Crippen LogP contribution is -2.48. The second-order valence-corrected chi connectivity index (χ2v) is 7.24. The van der Waals surface area contributed by atoms with Crippen LogP contribution in [0.5, 0.6) is 0 Å². The van der Waals surface area contributed by atoms with Crippen LogP contribution < -0.4 is 5.73 Å². The van der Waals surface area contributed by atoms with Crippen molar-refractivity contribution in [3.63, 3.8) is 0 Å². The molecular formula is C12H17Cl2N3O5S. The Labute approximate surface area is 145 Å². The molecule has 1 aromatic rings. The lowest BCUT2D eigenvalue weighted by atomic mass is 10.2. The summed E-state index contributed by atoms with van der Waals surface area (Å²) in [4.78, 5) is 10.2. The van der Waals surface area contributed by atoms with Gasteiger partial charge < -0.3 is 10.5 Å². The largest absolute Gasteiger partial charge is 0.374 e. The molecule has 2 rings (SSSR count). The normalized spacial score (nSPS) is 19.2. The summed E-state index contributed by atoms with van der Waals surface area (Å²) in [5.74, 6) is 0. The van der Waals surface area contributed by atoms with E-state index in [1.54, 1.807) is 0 Å². The third-order valence-electron chi connectivity index (χ3n) is 3.49. The summed E-state index contributed by atoms with van der Waals surface area (Å²) in [6.45, 7) is 2.16. The van der Waals surface area contributed by atoms with Gasteiger partial charge in [0.05, 0.1) is 27.6 Å². The van der Waals surface area contributed by atoms with E-state index < -0.39 is 14.9 Å². The molecule has 1 saturated heterocycles. The number of nitrogens with two attached hydrogens (primary N) is 1. The van der Waals surface area contributed by atoms with E-state index in [-0.39, 0.29) is 65.9 Å². The highest BCUT2D eigenvalue weighted by Crippen LogP contribution is 2.31. The van der Waals surface area contributed by atoms with Crippen molar-refractivity contribution in [2.45, 2.75) is 17.9 Å². The van der Waals surface area contributed by atoms with Crippen molar-refractivity contribution in [2.24, 2.45) is 5.73 Å². The topological polar surface area (TPSA) is 116 Å². The number of nitro benzene ring substituents is 1. The molecule has 0 radical (unpaired) electrons. The minimum Gasteiger partial charge on any atom is -0.374 e. The minimum absolute atomic E-state index is 0. The quantitative estimate of drug-likeness (QED) is 0.617. The average Bonchev–Trinajstić information content (AvgIpc) is 2.49. The molecule has 1 heterocycles. The molecule has 23 heavy (non-hydrogen) atoms. The van der Waals surface area contributed by atoms with E-state index >= 15 is 0 Å². The Hall–Kier alpha value is -0.970. The van der Waals surface area contributed by atoms with E-state index in [4.69, 9.17) is 22.1 Å². The highest BCUT2D eigenvalue weighted by atomic mass is 35.5. The molecule has 1 unspecified atom stereocenters. The predicted molar refractivity (Wildman–Crippen MR) is 87.6 cm³/mol. The second-order valence-electron chi connectivity index (χ2n) is 4.90. The Morgan fingerprint density at radius 3 is 2.74 bits per heavy atom. The number of ether oxygens (including phenoxy) is 1. The Bertz CT molecular complexity index is 698. The summed E-state index contributed by atoms with van der Waals surface area (Å²) < 4.78 is 31.8. The molecule has 1 aliphatic rings. The van der Waals surface area contributed by atoms with Crippen LogP contribution in [0.2, 0.25) is 5.02 Å². The monoisotopic (exact) mass is 385 g/mol. The summed E-state index contributed by atoms with van der Waals surface area (Å²) in [7, 11) is -3.89. The van der Waals surface area contributed by atoms with Gasteiger partial charge in [-0.15, -0.1) is 12.4 Å². The fraction of sp³-hybridized carbons (Fsp3) is 0.500. The molecule has 2 N–H and O–H groups in total. The number of hydrogen-bond acceptors (Lipinski definition) is 6. The molecule has 0 spiro atoms. The number of sulfonamides is 1. The van der Waals surface area contributed by atoms with Gasteiger partial charge in [0, 0.05) is 31.3 Å². The van der Waals surface area contributed by atoms with Gasteiger partial charge in [-0.25, -0.2) is 8.42 Å². The molecule has 130 valence electrons. The fourth-order valence-electron chi connectivity index (χ4n) is 2.18. The van der Waals surface area contributed by atoms with Gasteiger partial charge in [-0.3, -0.25) is 10.1 Å². The van der Waals surface area contributed by atoms with E-state index in [0.717, 1.165) is 6.07 Å². The smallest absolute Gasteiger partial charge is 0.275 e. The van der Waals surface area contributed by atoms with Crippen LogP contribution in [-0.4, -0.2) is 50.0 Å². The maximum Gasteiger partial charge on any atom is 0.275 e. The third kappa shape index (κ3) is 4.11. The maximum absolute atomic E-state index is 12.6. The minimum atomic E-state index is -3.89. The highest BCUT2D eigenvalue weighted by molar-refractivity contribution is 7.89. The van der Waals surface area contributed by atoms with Gasteiger partial charge in [0.1, 0.15) is 0 Å². The summed E-state index contributed by atoms with van der Waals surface area (Å²) in [6, 6.07) is 2.26. The average molecular weight is 386 g/mol. The zero-order valence-electron chi connectivity index (χ0n) is 12.3. The highest BCUT2D eigenvalue weighted by Gasteiger charge is 2.32. The predicted octanol–water partition coefficient (Wildman–Crippen LogP) is 1.33. The van der Waals surface area contributed by atoms with Crippen molar-refractivity contribution in [3.05, 3.63) is 32.8 Å². The SMILES string of the molecule is Cc1c(Cl)cc(S(=O)(=O)N2CCOC(CN)C2)cc1[N+](=O)[O-].Cl. The zero-order chi connectivity index (χ0) is 16.5. The first kappa shape index (κ1) is 20.1. The Kier molecular flexibility index (Phi) is 6.75. The van der Waals surface area contributed by atoms with Crippen molar-refractivity contribution in [1.29, 1.82) is 0 Å². The van der Waals surface area contributed by atoms with Crippen molar-refractivity contribution < 1.29 is 18.1 Å². The molecule has 0 aliphatic carbocycles. The van der Waals surface area contributed by atoms with E-state index in [1.165, 1.54) is 17.3 Å². The van der Waals surface area contributed by atoms with Crippen LogP contribution in [0.1, 0.15) is 5.56 Å². The Morgan fingerprint density at radius 2 is 2.17 bits per heavy atom. The number of nitrogens with zero attached hydrogens (tertiary/aromatic N) is 2. The van der Waals surface area contributed by atoms with Crippen LogP contribution in [0, 0.1) is 17.0 Å². The summed E-state index contributed by atoms with van der Waals surface area (Å²) >= 11 is 5.93. The van der Waals surface area contributed by atoms with Gasteiger partial charge in [-0.2, -0.15) is 4.31 Å². The van der Waals surface area contributed by atoms with Crippen LogP contribution in [0.25, 0.3) is 0 Å². The van der Waals surface area contributed by atoms with Crippen LogP contribution >= 0.6 is 24.0 Å². The number of benzene rings is 1. The van der Waals surface area contributed by atoms with E-state index in [2.05, 4.69) is 0 Å². The maximum atomic E-state index is 12.6. The molecule has 0 amide bonds. The Morgan fingerprint density at radius 1 is 1.52 bits per heavy atom. The number of nitro groups is 1. The van der Waals surface area contributed by atoms with Gasteiger partial charge in [-0.1, -0.05) is 11.6 Å². The lowest BCUT2D eigenvalue weighted by Gasteiger charge is -2.31. The number of morpholine rings is 1. The summed E-state index contributed by atoms with van der Waals surface area (Å²) in [5.41, 5.74) is 5.40. The van der Waals surface area contributed by atoms with Crippen molar-refractivity contribution in [1.82, 2.24) is 4.31 Å². The zero-order valence-corrected chi connectivity index (χ0v) is 14.7. The molecule has 11 heteroatoms. The molecular weight excluding hydrogens is 369 g/mol. The third-order valence-corrected chi connectivity index (χ3v) is 5.72. The van der Waals surface area contributed by atoms with Gasteiger partial charge in [-0.05, 0) is 13.0 Å². The summed E-state index contributed by atoms with van der Waals surface area (Å²) in [6.07, 6.45) is -0.389.